The highest BCUT2D eigenvalue weighted by Crippen LogP contribution is 2.34. The van der Waals surface area contributed by atoms with Gasteiger partial charge in [0.2, 0.25) is 5.76 Å². The van der Waals surface area contributed by atoms with Gasteiger partial charge in [0.1, 0.15) is 5.58 Å². The summed E-state index contributed by atoms with van der Waals surface area (Å²) in [6, 6.07) is 3.58. The van der Waals surface area contributed by atoms with E-state index in [9.17, 15) is 4.79 Å². The zero-order chi connectivity index (χ0) is 11.9. The minimum absolute atomic E-state index is 0.00583. The molecule has 0 atom stereocenters. The fourth-order valence-corrected chi connectivity index (χ4v) is 2.13. The lowest BCUT2D eigenvalue weighted by Crippen LogP contribution is -1.97. The molecule has 1 N–H and O–H groups in total. The largest absolute Gasteiger partial charge is 0.475 e. The van der Waals surface area contributed by atoms with Gasteiger partial charge in [-0.3, -0.25) is 0 Å². The molecule has 1 heterocycles. The van der Waals surface area contributed by atoms with Crippen molar-refractivity contribution in [1.82, 2.24) is 0 Å². The van der Waals surface area contributed by atoms with Crippen molar-refractivity contribution in [3.05, 3.63) is 34.0 Å². The van der Waals surface area contributed by atoms with Gasteiger partial charge < -0.3 is 9.52 Å². The van der Waals surface area contributed by atoms with Crippen molar-refractivity contribution in [2.24, 2.45) is 0 Å². The van der Waals surface area contributed by atoms with Crippen LogP contribution in [-0.4, -0.2) is 11.1 Å². The molecule has 3 nitrogen and oxygen atoms in total. The van der Waals surface area contributed by atoms with Crippen LogP contribution in [0.3, 0.4) is 0 Å². The molecule has 0 bridgehead atoms. The molecular weight excluding hydrogens is 228 g/mol. The SMILES string of the molecule is CCc1c(C(=O)O)oc2c(C)ccc(Cl)c12. The molecule has 16 heavy (non-hydrogen) atoms. The van der Waals surface area contributed by atoms with E-state index in [1.807, 2.05) is 19.9 Å². The molecule has 0 saturated heterocycles. The smallest absolute Gasteiger partial charge is 0.372 e. The molecule has 0 aliphatic rings. The number of aromatic carboxylic acids is 1. The molecule has 2 aromatic rings. The minimum Gasteiger partial charge on any atom is -0.475 e. The number of rotatable bonds is 2. The van der Waals surface area contributed by atoms with Gasteiger partial charge in [0.25, 0.3) is 0 Å². The van der Waals surface area contributed by atoms with E-state index >= 15 is 0 Å². The predicted octanol–water partition coefficient (Wildman–Crippen LogP) is 3.66. The van der Waals surface area contributed by atoms with Crippen LogP contribution in [0.15, 0.2) is 16.5 Å². The van der Waals surface area contributed by atoms with E-state index in [2.05, 4.69) is 0 Å². The molecule has 0 saturated carbocycles. The van der Waals surface area contributed by atoms with Gasteiger partial charge in [-0.25, -0.2) is 4.79 Å². The number of carbonyl (C=O) groups is 1. The Morgan fingerprint density at radius 3 is 2.75 bits per heavy atom. The monoisotopic (exact) mass is 238 g/mol. The van der Waals surface area contributed by atoms with Crippen molar-refractivity contribution in [1.29, 1.82) is 0 Å². The van der Waals surface area contributed by atoms with E-state index in [0.29, 0.717) is 22.6 Å². The molecule has 1 aromatic heterocycles. The molecule has 0 unspecified atom stereocenters. The number of hydrogen-bond donors (Lipinski definition) is 1. The van der Waals surface area contributed by atoms with Crippen LogP contribution < -0.4 is 0 Å². The zero-order valence-corrected chi connectivity index (χ0v) is 9.76. The number of carboxylic acids is 1. The van der Waals surface area contributed by atoms with Crippen LogP contribution in [0.4, 0.5) is 0 Å². The summed E-state index contributed by atoms with van der Waals surface area (Å²) in [6.07, 6.45) is 0.581. The molecule has 0 spiro atoms. The first-order chi connectivity index (χ1) is 7.56. The van der Waals surface area contributed by atoms with Crippen LogP contribution in [0.5, 0.6) is 0 Å². The van der Waals surface area contributed by atoms with Gasteiger partial charge in [-0.15, -0.1) is 0 Å². The third-order valence-corrected chi connectivity index (χ3v) is 2.95. The highest BCUT2D eigenvalue weighted by Gasteiger charge is 2.21. The Labute approximate surface area is 97.6 Å². The molecule has 2 rings (SSSR count). The summed E-state index contributed by atoms with van der Waals surface area (Å²) in [4.78, 5) is 11.0. The summed E-state index contributed by atoms with van der Waals surface area (Å²) in [5, 5.41) is 10.3. The Morgan fingerprint density at radius 1 is 1.50 bits per heavy atom. The molecular formula is C12H11ClO3. The Balaban J connectivity index is 2.92. The van der Waals surface area contributed by atoms with Crippen molar-refractivity contribution < 1.29 is 14.3 Å². The lowest BCUT2D eigenvalue weighted by Gasteiger charge is -1.98. The summed E-state index contributed by atoms with van der Waals surface area (Å²) in [7, 11) is 0. The van der Waals surface area contributed by atoms with Crippen molar-refractivity contribution in [3.8, 4) is 0 Å². The van der Waals surface area contributed by atoms with E-state index in [1.165, 1.54) is 0 Å². The molecule has 0 aliphatic heterocycles. The van der Waals surface area contributed by atoms with Gasteiger partial charge in [-0.2, -0.15) is 0 Å². The number of fused-ring (bicyclic) bond motifs is 1. The summed E-state index contributed by atoms with van der Waals surface area (Å²) in [5.41, 5.74) is 2.12. The Kier molecular flexibility index (Phi) is 2.64. The van der Waals surface area contributed by atoms with Gasteiger partial charge in [0, 0.05) is 10.9 Å². The van der Waals surface area contributed by atoms with Crippen molar-refractivity contribution in [2.75, 3.05) is 0 Å². The fraction of sp³-hybridized carbons (Fsp3) is 0.250. The molecule has 4 heteroatoms. The maximum absolute atomic E-state index is 11.0. The first kappa shape index (κ1) is 11.0. The summed E-state index contributed by atoms with van der Waals surface area (Å²) in [5.74, 6) is -1.06. The average molecular weight is 239 g/mol. The number of aryl methyl sites for hydroxylation is 2. The minimum atomic E-state index is -1.05. The fourth-order valence-electron chi connectivity index (χ4n) is 1.86. The highest BCUT2D eigenvalue weighted by molar-refractivity contribution is 6.36. The molecule has 0 aliphatic carbocycles. The first-order valence-electron chi connectivity index (χ1n) is 5.00. The summed E-state index contributed by atoms with van der Waals surface area (Å²) < 4.78 is 5.38. The third-order valence-electron chi connectivity index (χ3n) is 2.63. The van der Waals surface area contributed by atoms with Crippen molar-refractivity contribution in [2.45, 2.75) is 20.3 Å². The predicted molar refractivity (Wildman–Crippen MR) is 62.3 cm³/mol. The topological polar surface area (TPSA) is 50.4 Å². The lowest BCUT2D eigenvalue weighted by atomic mass is 10.1. The second-order valence-corrected chi connectivity index (χ2v) is 4.04. The zero-order valence-electron chi connectivity index (χ0n) is 9.00. The van der Waals surface area contributed by atoms with Crippen LogP contribution in [-0.2, 0) is 6.42 Å². The van der Waals surface area contributed by atoms with E-state index in [4.69, 9.17) is 21.1 Å². The number of hydrogen-bond acceptors (Lipinski definition) is 2. The number of halogens is 1. The summed E-state index contributed by atoms with van der Waals surface area (Å²) >= 11 is 6.08. The van der Waals surface area contributed by atoms with Gasteiger partial charge in [0.05, 0.1) is 5.02 Å². The number of carboxylic acid groups (broad SMARTS) is 1. The number of benzene rings is 1. The molecule has 0 radical (unpaired) electrons. The van der Waals surface area contributed by atoms with Gasteiger partial charge in [-0.05, 0) is 25.0 Å². The van der Waals surface area contributed by atoms with E-state index < -0.39 is 5.97 Å². The normalized spacial score (nSPS) is 10.9. The van der Waals surface area contributed by atoms with E-state index in [-0.39, 0.29) is 5.76 Å². The second-order valence-electron chi connectivity index (χ2n) is 3.64. The standard InChI is InChI=1S/C12H11ClO3/c1-3-7-9-8(13)5-4-6(2)10(9)16-11(7)12(14)15/h4-5H,3H2,1-2H3,(H,14,15). The van der Waals surface area contributed by atoms with E-state index in [1.54, 1.807) is 6.07 Å². The molecule has 0 fully saturated rings. The quantitative estimate of drug-likeness (QED) is 0.869. The van der Waals surface area contributed by atoms with Gasteiger partial charge in [0.15, 0.2) is 0 Å². The van der Waals surface area contributed by atoms with Crippen LogP contribution in [0, 0.1) is 6.92 Å². The molecule has 0 amide bonds. The summed E-state index contributed by atoms with van der Waals surface area (Å²) in [6.45, 7) is 3.75. The van der Waals surface area contributed by atoms with Crippen LogP contribution in [0.1, 0.15) is 28.6 Å². The van der Waals surface area contributed by atoms with Crippen LogP contribution in [0.2, 0.25) is 5.02 Å². The van der Waals surface area contributed by atoms with Crippen LogP contribution in [0.25, 0.3) is 11.0 Å². The van der Waals surface area contributed by atoms with Crippen LogP contribution >= 0.6 is 11.6 Å². The van der Waals surface area contributed by atoms with Gasteiger partial charge in [-0.1, -0.05) is 24.6 Å². The van der Waals surface area contributed by atoms with Crippen molar-refractivity contribution in [3.63, 3.8) is 0 Å². The maximum Gasteiger partial charge on any atom is 0.372 e. The van der Waals surface area contributed by atoms with Gasteiger partial charge >= 0.3 is 5.97 Å². The Hall–Kier alpha value is -1.48. The van der Waals surface area contributed by atoms with E-state index in [0.717, 1.165) is 10.9 Å². The maximum atomic E-state index is 11.0. The van der Waals surface area contributed by atoms with Crippen molar-refractivity contribution >= 4 is 28.5 Å². The second kappa shape index (κ2) is 3.83. The Bertz CT molecular complexity index is 569. The third kappa shape index (κ3) is 1.48. The first-order valence-corrected chi connectivity index (χ1v) is 5.37. The average Bonchev–Trinajstić information content (AvgIpc) is 2.64. The molecule has 84 valence electrons. The number of furan rings is 1. The molecule has 1 aromatic carbocycles. The highest BCUT2D eigenvalue weighted by atomic mass is 35.5. The lowest BCUT2D eigenvalue weighted by molar-refractivity contribution is 0.0663. The Morgan fingerprint density at radius 2 is 2.19 bits per heavy atom.